The van der Waals surface area contributed by atoms with E-state index in [1.54, 1.807) is 0 Å². The van der Waals surface area contributed by atoms with E-state index in [9.17, 15) is 13.6 Å². The van der Waals surface area contributed by atoms with E-state index in [-0.39, 0.29) is 47.5 Å². The summed E-state index contributed by atoms with van der Waals surface area (Å²) < 4.78 is 33.2. The fourth-order valence-electron chi connectivity index (χ4n) is 2.24. The van der Waals surface area contributed by atoms with Crippen molar-refractivity contribution >= 4 is 30.0 Å². The van der Waals surface area contributed by atoms with Crippen molar-refractivity contribution < 1.29 is 23.4 Å². The van der Waals surface area contributed by atoms with Crippen LogP contribution in [0.5, 0.6) is 11.6 Å². The number of aliphatic carboxylic acids is 1. The third kappa shape index (κ3) is 5.79. The fraction of sp³-hybridized carbons (Fsp3) is 0.188. The lowest BCUT2D eigenvalue weighted by atomic mass is 10.2. The highest BCUT2D eigenvalue weighted by molar-refractivity contribution is 6.30. The molecule has 1 atom stereocenters. The molecule has 0 aliphatic heterocycles. The minimum atomic E-state index is -1.04. The van der Waals surface area contributed by atoms with Crippen LogP contribution in [0.1, 0.15) is 6.42 Å². The first-order valence-corrected chi connectivity index (χ1v) is 8.23. The van der Waals surface area contributed by atoms with Gasteiger partial charge in [-0.3, -0.25) is 4.79 Å². The smallest absolute Gasteiger partial charge is 0.304 e. The van der Waals surface area contributed by atoms with Crippen LogP contribution >= 0.6 is 24.0 Å². The van der Waals surface area contributed by atoms with Crippen molar-refractivity contribution in [2.24, 2.45) is 5.73 Å². The number of hydrogen-bond acceptors (Lipinski definition) is 7. The number of carbonyl (C=O) groups is 1. The lowest BCUT2D eigenvalue weighted by Gasteiger charge is -2.07. The first-order chi connectivity index (χ1) is 13.3. The first-order valence-electron chi connectivity index (χ1n) is 7.86. The highest BCUT2D eigenvalue weighted by atomic mass is 35.5. The number of carboxylic acids is 1. The largest absolute Gasteiger partial charge is 0.481 e. The van der Waals surface area contributed by atoms with E-state index in [1.807, 2.05) is 0 Å². The van der Waals surface area contributed by atoms with Crippen LogP contribution in [0.3, 0.4) is 0 Å². The van der Waals surface area contributed by atoms with E-state index in [4.69, 9.17) is 27.2 Å². The second-order valence-corrected chi connectivity index (χ2v) is 6.15. The number of ether oxygens (including phenoxy) is 1. The Kier molecular flexibility index (Phi) is 7.37. The average molecular weight is 447 g/mol. The van der Waals surface area contributed by atoms with E-state index >= 15 is 0 Å². The summed E-state index contributed by atoms with van der Waals surface area (Å²) in [6, 6.07) is 4.09. The summed E-state index contributed by atoms with van der Waals surface area (Å²) >= 11 is 5.61. The lowest BCUT2D eigenvalue weighted by molar-refractivity contribution is -0.137. The summed E-state index contributed by atoms with van der Waals surface area (Å²) in [4.78, 5) is 15.4. The van der Waals surface area contributed by atoms with Crippen LogP contribution < -0.4 is 10.5 Å². The molecule has 2 heterocycles. The molecule has 0 aliphatic rings. The molecule has 0 fully saturated rings. The van der Waals surface area contributed by atoms with Gasteiger partial charge in [-0.15, -0.1) is 22.6 Å². The number of pyridine rings is 1. The quantitative estimate of drug-likeness (QED) is 0.566. The Labute approximate surface area is 173 Å². The van der Waals surface area contributed by atoms with Gasteiger partial charge >= 0.3 is 5.97 Å². The molecule has 0 radical (unpaired) electrons. The maximum Gasteiger partial charge on any atom is 0.304 e. The van der Waals surface area contributed by atoms with Gasteiger partial charge in [0.1, 0.15) is 0 Å². The number of hydrogen-bond donors (Lipinski definition) is 2. The van der Waals surface area contributed by atoms with E-state index in [0.29, 0.717) is 0 Å². The molecule has 154 valence electrons. The van der Waals surface area contributed by atoms with Gasteiger partial charge in [0.2, 0.25) is 5.82 Å². The maximum absolute atomic E-state index is 14.3. The summed E-state index contributed by atoms with van der Waals surface area (Å²) in [6.07, 6.45) is 0.913. The fourth-order valence-corrected chi connectivity index (χ4v) is 2.38. The van der Waals surface area contributed by atoms with Gasteiger partial charge in [-0.25, -0.2) is 13.8 Å². The zero-order valence-corrected chi connectivity index (χ0v) is 16.1. The zero-order valence-electron chi connectivity index (χ0n) is 14.5. The number of halogens is 4. The van der Waals surface area contributed by atoms with Crippen molar-refractivity contribution in [3.8, 4) is 23.0 Å². The minimum Gasteiger partial charge on any atom is -0.481 e. The van der Waals surface area contributed by atoms with Gasteiger partial charge in [0.25, 0.3) is 5.88 Å². The second kappa shape index (κ2) is 9.54. The van der Waals surface area contributed by atoms with E-state index in [0.717, 1.165) is 16.9 Å². The molecule has 3 aromatic rings. The van der Waals surface area contributed by atoms with E-state index < -0.39 is 29.5 Å². The first kappa shape index (κ1) is 22.4. The Balaban J connectivity index is 0.00000300. The molecule has 0 aliphatic carbocycles. The normalized spacial score (nSPS) is 11.6. The number of nitrogens with zero attached hydrogens (tertiary/aromatic N) is 5. The summed E-state index contributed by atoms with van der Waals surface area (Å²) in [7, 11) is 0. The van der Waals surface area contributed by atoms with Crippen LogP contribution in [0.4, 0.5) is 8.78 Å². The summed E-state index contributed by atoms with van der Waals surface area (Å²) in [5.41, 5.74) is 5.95. The molecule has 0 bridgehead atoms. The molecular formula is C16H14Cl2F2N6O3. The number of aromatic nitrogens is 5. The summed E-state index contributed by atoms with van der Waals surface area (Å²) in [6.45, 7) is 0.0322. The van der Waals surface area contributed by atoms with Gasteiger partial charge in [0.05, 0.1) is 18.0 Å². The minimum absolute atomic E-state index is 0. The van der Waals surface area contributed by atoms with Gasteiger partial charge in [-0.1, -0.05) is 11.6 Å². The van der Waals surface area contributed by atoms with Crippen molar-refractivity contribution in [1.29, 1.82) is 0 Å². The molecule has 0 saturated heterocycles. The van der Waals surface area contributed by atoms with Gasteiger partial charge in [-0.05, 0) is 29.5 Å². The van der Waals surface area contributed by atoms with Gasteiger partial charge in [0.15, 0.2) is 17.4 Å². The van der Waals surface area contributed by atoms with Crippen molar-refractivity contribution in [3.63, 3.8) is 0 Å². The van der Waals surface area contributed by atoms with Gasteiger partial charge in [0, 0.05) is 17.8 Å². The molecule has 0 unspecified atom stereocenters. The third-order valence-electron chi connectivity index (χ3n) is 3.46. The lowest BCUT2D eigenvalue weighted by Crippen LogP contribution is -2.30. The van der Waals surface area contributed by atoms with E-state index in [1.165, 1.54) is 18.3 Å². The number of benzene rings is 1. The number of carboxylic acid groups (broad SMARTS) is 1. The van der Waals surface area contributed by atoms with Crippen LogP contribution in [0.2, 0.25) is 5.02 Å². The van der Waals surface area contributed by atoms with Crippen LogP contribution in [0.15, 0.2) is 30.5 Å². The molecule has 2 aromatic heterocycles. The Bertz CT molecular complexity index is 1020. The summed E-state index contributed by atoms with van der Waals surface area (Å²) in [5.74, 6) is -3.26. The van der Waals surface area contributed by atoms with Crippen molar-refractivity contribution in [1.82, 2.24) is 25.2 Å². The zero-order chi connectivity index (χ0) is 20.3. The SMILES string of the molecule is Cl.N[C@@H](CC(=O)O)Cn1nnc(-c2ccc(Oc3ncc(Cl)cc3F)c(F)c2)n1. The number of nitrogens with two attached hydrogens (primary N) is 1. The number of tetrazole rings is 1. The molecule has 29 heavy (non-hydrogen) atoms. The Morgan fingerprint density at radius 1 is 1.31 bits per heavy atom. The highest BCUT2D eigenvalue weighted by Crippen LogP contribution is 2.28. The molecule has 0 spiro atoms. The Hall–Kier alpha value is -2.89. The van der Waals surface area contributed by atoms with Crippen LogP contribution in [0, 0.1) is 11.6 Å². The molecule has 9 nitrogen and oxygen atoms in total. The molecule has 1 aromatic carbocycles. The predicted molar refractivity (Wildman–Crippen MR) is 100.0 cm³/mol. The number of rotatable bonds is 7. The molecule has 3 N–H and O–H groups in total. The summed E-state index contributed by atoms with van der Waals surface area (Å²) in [5, 5.41) is 20.4. The van der Waals surface area contributed by atoms with Crippen LogP contribution in [-0.4, -0.2) is 42.3 Å². The second-order valence-electron chi connectivity index (χ2n) is 5.71. The van der Waals surface area contributed by atoms with E-state index in [2.05, 4.69) is 20.4 Å². The topological polar surface area (TPSA) is 129 Å². The standard InChI is InChI=1S/C16H13ClF2N6O3.ClH/c17-9-4-12(19)16(21-6-9)28-13-2-1-8(3-11(13)18)15-22-24-25(23-15)7-10(20)5-14(26)27;/h1-4,6,10H,5,7,20H2,(H,26,27);1H/t10-;/m0./s1. The Morgan fingerprint density at radius 3 is 2.72 bits per heavy atom. The molecule has 0 amide bonds. The highest BCUT2D eigenvalue weighted by Gasteiger charge is 2.15. The molecular weight excluding hydrogens is 433 g/mol. The van der Waals surface area contributed by atoms with Crippen LogP contribution in [0.25, 0.3) is 11.4 Å². The van der Waals surface area contributed by atoms with Gasteiger partial charge < -0.3 is 15.6 Å². The predicted octanol–water partition coefficient (Wildman–Crippen LogP) is 2.68. The molecule has 3 rings (SSSR count). The van der Waals surface area contributed by atoms with Crippen molar-refractivity contribution in [3.05, 3.63) is 47.1 Å². The average Bonchev–Trinajstić information content (AvgIpc) is 3.06. The van der Waals surface area contributed by atoms with Crippen molar-refractivity contribution in [2.45, 2.75) is 19.0 Å². The van der Waals surface area contributed by atoms with Crippen molar-refractivity contribution in [2.75, 3.05) is 0 Å². The van der Waals surface area contributed by atoms with Gasteiger partial charge in [-0.2, -0.15) is 4.80 Å². The monoisotopic (exact) mass is 446 g/mol. The Morgan fingerprint density at radius 2 is 2.07 bits per heavy atom. The molecule has 0 saturated carbocycles. The molecule has 13 heteroatoms. The van der Waals surface area contributed by atoms with Crippen LogP contribution in [-0.2, 0) is 11.3 Å². The third-order valence-corrected chi connectivity index (χ3v) is 3.66. The maximum atomic E-state index is 14.3.